The summed E-state index contributed by atoms with van der Waals surface area (Å²) in [6.45, 7) is 10.7. The van der Waals surface area contributed by atoms with Crippen LogP contribution < -0.4 is 38.4 Å². The minimum absolute atomic E-state index is 0. The van der Waals surface area contributed by atoms with Crippen molar-refractivity contribution >= 4 is 235 Å². The van der Waals surface area contributed by atoms with E-state index in [4.69, 9.17) is 15.7 Å². The van der Waals surface area contributed by atoms with Gasteiger partial charge in [0, 0.05) is 215 Å². The molecule has 18 radical (unpaired) electrons. The molecule has 26 nitrogen and oxygen atoms in total. The number of nitro groups is 1. The summed E-state index contributed by atoms with van der Waals surface area (Å²) >= 11 is 17.6. The molecule has 2 aromatic heterocycles. The number of likely N-dealkylation sites (N-methyl/N-ethyl adjacent to an activating group) is 6. The van der Waals surface area contributed by atoms with Gasteiger partial charge in [-0.1, -0.05) is 84.8 Å². The number of rotatable bonds is 7. The minimum Gasteiger partial charge on any atom is -1.00 e. The molecule has 0 aliphatic carbocycles. The first-order valence-corrected chi connectivity index (χ1v) is 40.3. The van der Waals surface area contributed by atoms with Crippen molar-refractivity contribution in [2.75, 3.05) is 105 Å². The Morgan fingerprint density at radius 3 is 1.60 bits per heavy atom. The number of anilines is 3. The van der Waals surface area contributed by atoms with Gasteiger partial charge in [-0.15, -0.1) is 9.81 Å². The van der Waals surface area contributed by atoms with E-state index < -0.39 is 24.0 Å². The fourth-order valence-corrected chi connectivity index (χ4v) is 17.7. The number of ketones is 1. The zero-order chi connectivity index (χ0) is 85.3. The average Bonchev–Trinajstić information content (AvgIpc) is 1.55. The summed E-state index contributed by atoms with van der Waals surface area (Å²) in [7, 11) is 45.9. The van der Waals surface area contributed by atoms with Crippen LogP contribution >= 0.6 is 79.6 Å². The number of nitrogens with zero attached hydrogens (tertiary/aromatic N) is 9. The number of nitroso groups, excluding NO2 is 2. The maximum atomic E-state index is 13.9. The third-order valence-electron chi connectivity index (χ3n) is 20.2. The van der Waals surface area contributed by atoms with Crippen LogP contribution in [0.25, 0.3) is 32.9 Å². The molecule has 7 aromatic carbocycles. The Balaban J connectivity index is 0.000000217. The molecule has 0 saturated heterocycles. The lowest BCUT2D eigenvalue weighted by Crippen LogP contribution is -3.08. The second-order valence-corrected chi connectivity index (χ2v) is 32.5. The second-order valence-electron chi connectivity index (χ2n) is 28.2. The number of quaternary nitrogens is 1. The first kappa shape index (κ1) is 99.3. The number of fused-ring (bicyclic) bond motifs is 12. The zero-order valence-electron chi connectivity index (χ0n) is 65.9. The lowest BCUT2D eigenvalue weighted by Gasteiger charge is -2.28. The van der Waals surface area contributed by atoms with Crippen LogP contribution in [0.1, 0.15) is 77.1 Å². The number of aromatic amines is 2. The molecular formula is C75H80B10Br5ClFN15O11. The molecule has 10 N–H and O–H groups in total. The number of amides is 2. The Morgan fingerprint density at radius 2 is 1.08 bits per heavy atom. The molecule has 0 bridgehead atoms. The van der Waals surface area contributed by atoms with Gasteiger partial charge in [-0.25, -0.2) is 4.39 Å². The third-order valence-corrected chi connectivity index (χ3v) is 23.9. The standard InChI is InChI=1S/C19H18FN3O3.C12H12BrN3O2.C12H14BrN3O2.C12H11BrN2O2.C10H11BrN2O2.C10H13BrN2.B4.B3.B2.B.ClH/c1-23-6-5-11-12(13-7-10(20)3-4-16(13)26-2)8-14-17(15(11)9-23)21-19(24)18(14)22-25;1-16-3-2-6-8(5-16)10-7(4-9(6)13)11(15-18)12(17)14-10;1-16-5-4-8-9(7-16)11(3-2-10(8)13)15-12(17)6-14-18;1-15-3-2-6-8(5-15)10-7(4-9(6)13)11(16)12(17)14-10;1-12-5-4-7-8(6-12)10(13(14)15)3-2-9(7)11;1-13-5-4-7-8(6-13)10(12)3-2-9(7)11;1-4(2)3;1-3-2;1-2;;/h3-4,7-8,21,24H,5-6,9H2,1-2H3;4,14,17H,2-3,5H2,1H3;2-3,6,18H,4-5,7H2,1H3,(H,15,17);4H,2-3,5H2,1H3,(H,14,16,17);2-3H,4-6H2,1H3;2-3H,4-6,12H2,1H3;;;;;1H/b;;14-6-;;;;;;;;. The number of hydrogen-bond acceptors (Lipinski definition) is 20. The smallest absolute Gasteiger partial charge is 0.296 e. The number of benzene rings is 7. The van der Waals surface area contributed by atoms with E-state index in [1.54, 1.807) is 30.3 Å². The van der Waals surface area contributed by atoms with Gasteiger partial charge in [-0.2, -0.15) is 0 Å². The highest BCUT2D eigenvalue weighted by Crippen LogP contribution is 2.47. The second kappa shape index (κ2) is 46.0. The molecule has 9 aromatic rings. The van der Waals surface area contributed by atoms with Crippen LogP contribution in [0.15, 0.2) is 111 Å². The SMILES string of the molecule is CN1CCc2c(Br)cc3c(c2C1)NC(=O)C3=O.CN1CCc2c(Br)ccc(N)c2C1.CN1CCc2c(Br)ccc(NC(=O)/C=N\O)c2C1.CN1CCc2c(Br)ccc([N+](=O)[O-])c2C1.COc1ccc(F)cc1-c1cc2c(N=O)c(O)[nH]c2c2c1CCN(C)C2.C[NH+]1CCc2c(Br)cc3c(N=O)c(O)[nH]c3c2C1.[B].[B]B([B])[B].[B][B].[B][B][B].[Cl-]. The minimum atomic E-state index is -0.667. The summed E-state index contributed by atoms with van der Waals surface area (Å²) in [5, 5.41) is 54.2. The number of nitrogens with one attached hydrogen (secondary N) is 5. The van der Waals surface area contributed by atoms with E-state index >= 15 is 0 Å². The normalized spacial score (nSPS) is 15.4. The van der Waals surface area contributed by atoms with Gasteiger partial charge in [0.25, 0.3) is 23.3 Å². The molecule has 0 saturated carbocycles. The monoisotopic (exact) mass is 1930 g/mol. The number of oxime groups is 1. The van der Waals surface area contributed by atoms with Crippen molar-refractivity contribution in [1.29, 1.82) is 0 Å². The molecule has 7 aliphatic heterocycles. The van der Waals surface area contributed by atoms with Gasteiger partial charge >= 0.3 is 0 Å². The summed E-state index contributed by atoms with van der Waals surface area (Å²) in [6, 6.07) is 20.9. The summed E-state index contributed by atoms with van der Waals surface area (Å²) in [4.78, 5) is 85.2. The first-order chi connectivity index (χ1) is 55.3. The lowest BCUT2D eigenvalue weighted by atomic mass is 9.08. The molecule has 43 heteroatoms. The maximum Gasteiger partial charge on any atom is 0.296 e. The number of nitrogens with two attached hydrogens (primary N) is 1. The Morgan fingerprint density at radius 1 is 0.636 bits per heavy atom. The Bertz CT molecular complexity index is 5190. The number of nitrogen functional groups attached to an aromatic ring is 1. The van der Waals surface area contributed by atoms with Crippen LogP contribution in [0.4, 0.5) is 38.5 Å². The van der Waals surface area contributed by atoms with E-state index in [-0.39, 0.29) is 60.4 Å². The molecule has 9 heterocycles. The predicted molar refractivity (Wildman–Crippen MR) is 487 cm³/mol. The van der Waals surface area contributed by atoms with Gasteiger partial charge < -0.3 is 88.3 Å². The predicted octanol–water partition coefficient (Wildman–Crippen LogP) is 6.65. The number of methoxy groups -OCH3 is 1. The summed E-state index contributed by atoms with van der Waals surface area (Å²) in [5.41, 5.74) is 25.7. The van der Waals surface area contributed by atoms with E-state index in [2.05, 4.69) is 209 Å². The first-order valence-electron chi connectivity index (χ1n) is 36.3. The Labute approximate surface area is 745 Å². The number of halogens is 7. The number of aromatic nitrogens is 2. The molecule has 1 unspecified atom stereocenters. The van der Waals surface area contributed by atoms with Crippen LogP contribution in [0.5, 0.6) is 17.5 Å². The van der Waals surface area contributed by atoms with E-state index in [9.17, 15) is 48.9 Å². The molecule has 7 aliphatic rings. The summed E-state index contributed by atoms with van der Waals surface area (Å²) in [6.07, 6.45) is 5.78. The quantitative estimate of drug-likeness (QED) is 0.0118. The van der Waals surface area contributed by atoms with E-state index in [0.29, 0.717) is 51.9 Å². The molecule has 0 fully saturated rings. The zero-order valence-corrected chi connectivity index (χ0v) is 74.5. The maximum absolute atomic E-state index is 13.9. The number of carbonyl (C=O) groups excluding carboxylic acids is 3. The van der Waals surface area contributed by atoms with E-state index in [1.165, 1.54) is 56.4 Å². The number of ether oxygens (including phenoxy) is 1. The Hall–Kier alpha value is -7.47. The van der Waals surface area contributed by atoms with Crippen LogP contribution in [0.2, 0.25) is 0 Å². The van der Waals surface area contributed by atoms with Crippen molar-refractivity contribution in [3.63, 3.8) is 0 Å². The van der Waals surface area contributed by atoms with Crippen molar-refractivity contribution in [1.82, 2.24) is 34.5 Å². The van der Waals surface area contributed by atoms with E-state index in [0.717, 1.165) is 197 Å². The van der Waals surface area contributed by atoms with Gasteiger partial charge in [0.15, 0.2) is 11.4 Å². The van der Waals surface area contributed by atoms with Crippen LogP contribution in [0.3, 0.4) is 0 Å². The van der Waals surface area contributed by atoms with Crippen LogP contribution in [0, 0.1) is 25.7 Å². The molecule has 2 amide bonds. The largest absolute Gasteiger partial charge is 1.00 e. The van der Waals surface area contributed by atoms with Gasteiger partial charge in [0.05, 0.1) is 47.9 Å². The number of hydrogen-bond donors (Lipinski definition) is 9. The van der Waals surface area contributed by atoms with Crippen molar-refractivity contribution in [2.24, 2.45) is 15.5 Å². The highest BCUT2D eigenvalue weighted by Gasteiger charge is 2.35. The van der Waals surface area contributed by atoms with Gasteiger partial charge in [0.1, 0.15) is 24.3 Å². The molecule has 1 atom stereocenters. The van der Waals surface area contributed by atoms with Crippen molar-refractivity contribution < 1.29 is 61.2 Å². The van der Waals surface area contributed by atoms with Crippen molar-refractivity contribution in [2.45, 2.75) is 77.8 Å². The van der Waals surface area contributed by atoms with Crippen LogP contribution in [-0.2, 0) is 87.4 Å². The molecule has 600 valence electrons. The lowest BCUT2D eigenvalue weighted by molar-refractivity contribution is -0.895. The summed E-state index contributed by atoms with van der Waals surface area (Å²) in [5.74, 6) is -1.61. The molecule has 118 heavy (non-hydrogen) atoms. The van der Waals surface area contributed by atoms with Crippen molar-refractivity contribution in [3.05, 3.63) is 193 Å². The molecular weight excluding hydrogens is 1850 g/mol. The number of aromatic hydroxyl groups is 2. The number of Topliss-reactive ketones (excluding diaryl/α,β-unsaturated/α-hetero) is 1. The fraction of sp³-hybridized carbons (Fsp3) is 0.333. The number of nitro benzene ring substituents is 1. The van der Waals surface area contributed by atoms with Gasteiger partial charge in [0.2, 0.25) is 11.8 Å². The number of carbonyl (C=O) groups is 3. The Kier molecular flexibility index (Phi) is 38.7. The topological polar surface area (TPSA) is 338 Å². The fourth-order valence-electron chi connectivity index (χ4n) is 14.7. The molecule has 0 spiro atoms. The molecule has 16 rings (SSSR count). The van der Waals surface area contributed by atoms with Crippen molar-refractivity contribution in [3.8, 4) is 28.6 Å². The average molecular weight is 1930 g/mol. The van der Waals surface area contributed by atoms with E-state index in [1.807, 2.05) is 58.5 Å². The van der Waals surface area contributed by atoms with Crippen LogP contribution in [-0.4, -0.2) is 243 Å². The van der Waals surface area contributed by atoms with Gasteiger partial charge in [-0.05, 0) is 206 Å². The highest BCUT2D eigenvalue weighted by molar-refractivity contribution is 9.11. The number of H-pyrrole nitrogens is 2. The third kappa shape index (κ3) is 24.2. The van der Waals surface area contributed by atoms with Gasteiger partial charge in [-0.3, -0.25) is 24.5 Å². The summed E-state index contributed by atoms with van der Waals surface area (Å²) < 4.78 is 24.5. The highest BCUT2D eigenvalue weighted by atomic mass is 79.9.